The number of esters is 3. The summed E-state index contributed by atoms with van der Waals surface area (Å²) in [6.45, 7) is 6.08. The van der Waals surface area contributed by atoms with E-state index in [0.717, 1.165) is 109 Å². The van der Waals surface area contributed by atoms with E-state index in [2.05, 4.69) is 99.8 Å². The zero-order valence-electron chi connectivity index (χ0n) is 38.8. The first kappa shape index (κ1) is 57.0. The van der Waals surface area contributed by atoms with Gasteiger partial charge in [-0.3, -0.25) is 14.4 Å². The van der Waals surface area contributed by atoms with Gasteiger partial charge in [0.05, 0.1) is 0 Å². The second-order valence-corrected chi connectivity index (χ2v) is 14.7. The van der Waals surface area contributed by atoms with Crippen LogP contribution in [0.1, 0.15) is 156 Å². The molecule has 6 nitrogen and oxygen atoms in total. The molecule has 0 N–H and O–H groups in total. The first-order valence-electron chi connectivity index (χ1n) is 23.6. The molecule has 0 aromatic rings. The molecule has 0 fully saturated rings. The number of unbranched alkanes of at least 4 members (excludes halogenated alkanes) is 9. The van der Waals surface area contributed by atoms with Crippen LogP contribution < -0.4 is 0 Å². The molecule has 1 atom stereocenters. The fourth-order valence-corrected chi connectivity index (χ4v) is 5.53. The number of carbonyl (C=O) groups excluding carboxylic acids is 3. The minimum Gasteiger partial charge on any atom is -0.462 e. The van der Waals surface area contributed by atoms with Gasteiger partial charge in [-0.05, 0) is 89.9 Å². The van der Waals surface area contributed by atoms with Gasteiger partial charge in [-0.1, -0.05) is 204 Å². The zero-order chi connectivity index (χ0) is 45.1. The Labute approximate surface area is 378 Å². The van der Waals surface area contributed by atoms with Crippen molar-refractivity contribution in [3.63, 3.8) is 0 Å². The van der Waals surface area contributed by atoms with Crippen molar-refractivity contribution in [1.82, 2.24) is 0 Å². The van der Waals surface area contributed by atoms with Crippen LogP contribution in [0.3, 0.4) is 0 Å². The van der Waals surface area contributed by atoms with Gasteiger partial charge in [0.2, 0.25) is 0 Å². The van der Waals surface area contributed by atoms with Crippen LogP contribution in [-0.2, 0) is 28.6 Å². The van der Waals surface area contributed by atoms with Gasteiger partial charge >= 0.3 is 17.9 Å². The number of hydrogen-bond donors (Lipinski definition) is 0. The Balaban J connectivity index is 4.64. The normalized spacial score (nSPS) is 13.5. The molecule has 0 aliphatic carbocycles. The second kappa shape index (κ2) is 48.7. The average molecular weight is 851 g/mol. The Morgan fingerprint density at radius 2 is 0.677 bits per heavy atom. The van der Waals surface area contributed by atoms with Crippen LogP contribution in [0.2, 0.25) is 0 Å². The highest BCUT2D eigenvalue weighted by Gasteiger charge is 2.19. The minimum atomic E-state index is -0.840. The molecule has 342 valence electrons. The number of ether oxygens (including phenoxy) is 3. The first-order chi connectivity index (χ1) is 30.5. The third-order valence-corrected chi connectivity index (χ3v) is 8.98. The minimum absolute atomic E-state index is 0.135. The van der Waals surface area contributed by atoms with Crippen molar-refractivity contribution in [3.05, 3.63) is 158 Å². The van der Waals surface area contributed by atoms with Crippen molar-refractivity contribution >= 4 is 17.9 Å². The van der Waals surface area contributed by atoms with Gasteiger partial charge < -0.3 is 14.2 Å². The Morgan fingerprint density at radius 3 is 1.18 bits per heavy atom. The van der Waals surface area contributed by atoms with Gasteiger partial charge in [0.15, 0.2) is 6.10 Å². The van der Waals surface area contributed by atoms with Crippen molar-refractivity contribution in [1.29, 1.82) is 0 Å². The predicted octanol–water partition coefficient (Wildman–Crippen LogP) is 15.5. The molecule has 0 radical (unpaired) electrons. The zero-order valence-corrected chi connectivity index (χ0v) is 38.8. The molecule has 0 bridgehead atoms. The summed E-state index contributed by atoms with van der Waals surface area (Å²) in [5.41, 5.74) is 0. The van der Waals surface area contributed by atoms with Gasteiger partial charge in [0, 0.05) is 19.3 Å². The molecule has 0 aliphatic heterocycles. The molecular weight excluding hydrogens is 769 g/mol. The van der Waals surface area contributed by atoms with Gasteiger partial charge in [0.1, 0.15) is 13.2 Å². The Hall–Kier alpha value is -4.97. The SMILES string of the molecule is CC/C=C/C=C/C=C/C=C/C=C/CCCC(=O)OCC(COC(=O)CCCCC/C=C/C/C=C/C/C=C/C/C=C/CC)OC(=O)CCCCCCC/C=C/C=C/C=C/C=C/CC. The Bertz CT molecular complexity index is 1490. The van der Waals surface area contributed by atoms with Crippen LogP contribution in [0.4, 0.5) is 0 Å². The largest absolute Gasteiger partial charge is 0.462 e. The van der Waals surface area contributed by atoms with E-state index < -0.39 is 6.10 Å². The summed E-state index contributed by atoms with van der Waals surface area (Å²) in [5, 5.41) is 0. The molecule has 0 aromatic carbocycles. The van der Waals surface area contributed by atoms with Gasteiger partial charge in [-0.25, -0.2) is 0 Å². The number of carbonyl (C=O) groups is 3. The molecule has 0 spiro atoms. The van der Waals surface area contributed by atoms with Gasteiger partial charge in [-0.2, -0.15) is 0 Å². The lowest BCUT2D eigenvalue weighted by Gasteiger charge is -2.18. The van der Waals surface area contributed by atoms with Crippen LogP contribution in [0, 0.1) is 0 Å². The molecular formula is C56H82O6. The highest BCUT2D eigenvalue weighted by atomic mass is 16.6. The monoisotopic (exact) mass is 851 g/mol. The summed E-state index contributed by atoms with van der Waals surface area (Å²) in [7, 11) is 0. The second-order valence-electron chi connectivity index (χ2n) is 14.7. The Morgan fingerprint density at radius 1 is 0.339 bits per heavy atom. The molecule has 0 aromatic heterocycles. The maximum atomic E-state index is 12.8. The molecule has 0 aliphatic rings. The summed E-state index contributed by atoms with van der Waals surface area (Å²) in [5.74, 6) is -1.08. The summed E-state index contributed by atoms with van der Waals surface area (Å²) in [6.07, 6.45) is 70.9. The summed E-state index contributed by atoms with van der Waals surface area (Å²) in [6, 6.07) is 0. The molecule has 0 amide bonds. The van der Waals surface area contributed by atoms with E-state index in [-0.39, 0.29) is 44.0 Å². The lowest BCUT2D eigenvalue weighted by molar-refractivity contribution is -0.167. The molecule has 0 saturated heterocycles. The highest BCUT2D eigenvalue weighted by molar-refractivity contribution is 5.71. The predicted molar refractivity (Wildman–Crippen MR) is 265 cm³/mol. The molecule has 1 unspecified atom stereocenters. The van der Waals surface area contributed by atoms with Gasteiger partial charge in [-0.15, -0.1) is 0 Å². The van der Waals surface area contributed by atoms with E-state index in [0.29, 0.717) is 12.8 Å². The van der Waals surface area contributed by atoms with E-state index in [9.17, 15) is 14.4 Å². The fraction of sp³-hybridized carbons (Fsp3) is 0.482. The average Bonchev–Trinajstić information content (AvgIpc) is 3.27. The smallest absolute Gasteiger partial charge is 0.306 e. The van der Waals surface area contributed by atoms with Crippen molar-refractivity contribution in [3.8, 4) is 0 Å². The highest BCUT2D eigenvalue weighted by Crippen LogP contribution is 2.11. The van der Waals surface area contributed by atoms with Crippen LogP contribution >= 0.6 is 0 Å². The Kier molecular flexibility index (Phi) is 44.8. The van der Waals surface area contributed by atoms with Crippen LogP contribution in [0.25, 0.3) is 0 Å². The summed E-state index contributed by atoms with van der Waals surface area (Å²) >= 11 is 0. The van der Waals surface area contributed by atoms with E-state index in [4.69, 9.17) is 14.2 Å². The fourth-order valence-electron chi connectivity index (χ4n) is 5.53. The molecule has 62 heavy (non-hydrogen) atoms. The lowest BCUT2D eigenvalue weighted by Crippen LogP contribution is -2.30. The van der Waals surface area contributed by atoms with Gasteiger partial charge in [0.25, 0.3) is 0 Å². The molecule has 0 rings (SSSR count). The van der Waals surface area contributed by atoms with Crippen LogP contribution in [-0.4, -0.2) is 37.2 Å². The summed E-state index contributed by atoms with van der Waals surface area (Å²) < 4.78 is 16.6. The van der Waals surface area contributed by atoms with E-state index in [1.807, 2.05) is 79.0 Å². The molecule has 0 heterocycles. The van der Waals surface area contributed by atoms with E-state index in [1.54, 1.807) is 0 Å². The van der Waals surface area contributed by atoms with Crippen LogP contribution in [0.15, 0.2) is 158 Å². The number of hydrogen-bond acceptors (Lipinski definition) is 6. The quantitative estimate of drug-likeness (QED) is 0.0202. The number of allylic oxidation sites excluding steroid dienone is 26. The maximum absolute atomic E-state index is 12.8. The third kappa shape index (κ3) is 46.1. The number of rotatable bonds is 39. The van der Waals surface area contributed by atoms with Crippen molar-refractivity contribution in [2.24, 2.45) is 0 Å². The van der Waals surface area contributed by atoms with Crippen molar-refractivity contribution < 1.29 is 28.6 Å². The van der Waals surface area contributed by atoms with E-state index >= 15 is 0 Å². The van der Waals surface area contributed by atoms with Crippen LogP contribution in [0.5, 0.6) is 0 Å². The molecule has 6 heteroatoms. The van der Waals surface area contributed by atoms with Crippen molar-refractivity contribution in [2.45, 2.75) is 162 Å². The standard InChI is InChI=1S/C56H82O6/c1-4-7-10-13-16-19-22-25-27-29-31-34-37-40-43-46-49-55(58)61-52-53(51-60-54(57)48-45-42-39-36-33-30-24-21-18-15-12-9-6-3)62-56(59)50-47-44-41-38-35-32-28-26-23-20-17-14-11-8-5-2/h7-12,14-21,23-28,30-31,33-34,36,39,53H,4-6,13,22,29,32,35,37-38,40-52H2,1-3H3/b10-7+,11-8+,12-9+,17-14+,18-15+,19-16+,23-20+,24-21+,27-25+,28-26+,33-30+,34-31+,39-36+. The third-order valence-electron chi connectivity index (χ3n) is 8.98. The first-order valence-corrected chi connectivity index (χ1v) is 23.6. The van der Waals surface area contributed by atoms with E-state index in [1.165, 1.54) is 0 Å². The summed E-state index contributed by atoms with van der Waals surface area (Å²) in [4.78, 5) is 37.8. The lowest BCUT2D eigenvalue weighted by atomic mass is 10.1. The molecule has 0 saturated carbocycles. The topological polar surface area (TPSA) is 78.9 Å². The maximum Gasteiger partial charge on any atom is 0.306 e. The van der Waals surface area contributed by atoms with Crippen molar-refractivity contribution in [2.75, 3.05) is 13.2 Å².